The van der Waals surface area contributed by atoms with Gasteiger partial charge in [-0.25, -0.2) is 0 Å². The van der Waals surface area contributed by atoms with Crippen molar-refractivity contribution in [2.24, 2.45) is 0 Å². The summed E-state index contributed by atoms with van der Waals surface area (Å²) >= 11 is 0. The fourth-order valence-corrected chi connectivity index (χ4v) is 3.66. The van der Waals surface area contributed by atoms with Gasteiger partial charge in [0.2, 0.25) is 11.2 Å². The van der Waals surface area contributed by atoms with Crippen LogP contribution in [0.15, 0.2) is 82.2 Å². The van der Waals surface area contributed by atoms with E-state index in [0.717, 1.165) is 32.7 Å². The lowest BCUT2D eigenvalue weighted by Gasteiger charge is -2.34. The van der Waals surface area contributed by atoms with Crippen molar-refractivity contribution in [2.45, 2.75) is 13.1 Å². The van der Waals surface area contributed by atoms with Crippen LogP contribution in [-0.4, -0.2) is 48.5 Å². The van der Waals surface area contributed by atoms with E-state index in [4.69, 9.17) is 9.15 Å². The Bertz CT molecular complexity index is 1060. The number of para-hydroxylation sites is 1. The molecule has 4 rings (SSSR count). The summed E-state index contributed by atoms with van der Waals surface area (Å²) in [5, 5.41) is 2.71. The summed E-state index contributed by atoms with van der Waals surface area (Å²) < 4.78 is 11.0. The average Bonchev–Trinajstić information content (AvgIpc) is 2.81. The average molecular weight is 434 g/mol. The van der Waals surface area contributed by atoms with E-state index in [1.807, 2.05) is 24.3 Å². The van der Waals surface area contributed by atoms with Crippen molar-refractivity contribution in [1.82, 2.24) is 9.80 Å². The summed E-state index contributed by atoms with van der Waals surface area (Å²) in [6.45, 7) is 5.02. The highest BCUT2D eigenvalue weighted by Gasteiger charge is 2.18. The highest BCUT2D eigenvalue weighted by Crippen LogP contribution is 2.13. The Labute approximate surface area is 187 Å². The molecule has 1 aliphatic rings. The smallest absolute Gasteiger partial charge is 0.262 e. The molecule has 2 heterocycles. The summed E-state index contributed by atoms with van der Waals surface area (Å²) in [5.41, 5.74) is 1.70. The minimum absolute atomic E-state index is 0.0321. The highest BCUT2D eigenvalue weighted by atomic mass is 16.5. The van der Waals surface area contributed by atoms with Gasteiger partial charge in [0, 0.05) is 44.5 Å². The minimum Gasteiger partial charge on any atom is -0.477 e. The van der Waals surface area contributed by atoms with Crippen LogP contribution in [-0.2, 0) is 17.9 Å². The molecule has 0 aliphatic carbocycles. The van der Waals surface area contributed by atoms with Crippen molar-refractivity contribution in [1.29, 1.82) is 0 Å². The van der Waals surface area contributed by atoms with E-state index in [1.54, 1.807) is 12.1 Å². The van der Waals surface area contributed by atoms with Crippen LogP contribution in [0.3, 0.4) is 0 Å². The molecule has 1 fully saturated rings. The van der Waals surface area contributed by atoms with Crippen LogP contribution in [0.25, 0.3) is 0 Å². The van der Waals surface area contributed by atoms with Crippen LogP contribution in [0, 0.1) is 0 Å². The van der Waals surface area contributed by atoms with Gasteiger partial charge in [-0.2, -0.15) is 0 Å². The number of anilines is 1. The summed E-state index contributed by atoms with van der Waals surface area (Å²) in [6, 6.07) is 21.0. The first kappa shape index (κ1) is 21.8. The number of amides is 1. The van der Waals surface area contributed by atoms with E-state index in [9.17, 15) is 9.59 Å². The van der Waals surface area contributed by atoms with Crippen LogP contribution in [0.4, 0.5) is 5.69 Å². The number of hydrogen-bond acceptors (Lipinski definition) is 6. The molecule has 0 spiro atoms. The SMILES string of the molecule is O=C(COc1coc(CN2CCN(Cc3ccccc3)CC2)cc1=O)Nc1ccccc1. The fourth-order valence-electron chi connectivity index (χ4n) is 3.66. The molecule has 0 radical (unpaired) electrons. The molecular formula is C25H27N3O4. The molecule has 0 atom stereocenters. The maximum atomic E-state index is 12.4. The second kappa shape index (κ2) is 10.7. The number of rotatable bonds is 8. The van der Waals surface area contributed by atoms with Gasteiger partial charge in [0.1, 0.15) is 12.0 Å². The topological polar surface area (TPSA) is 75.0 Å². The molecule has 1 aliphatic heterocycles. The van der Waals surface area contributed by atoms with Crippen LogP contribution < -0.4 is 15.5 Å². The Hall–Kier alpha value is -3.42. The quantitative estimate of drug-likeness (QED) is 0.589. The van der Waals surface area contributed by atoms with Gasteiger partial charge in [0.15, 0.2) is 6.61 Å². The lowest BCUT2D eigenvalue weighted by Crippen LogP contribution is -2.45. The standard InChI is InChI=1S/C25H27N3O4/c29-23-15-22(17-28-13-11-27(12-14-28)16-20-7-3-1-4-8-20)31-18-24(23)32-19-25(30)26-21-9-5-2-6-10-21/h1-10,15,18H,11-14,16-17,19H2,(H,26,30). The Kier molecular flexibility index (Phi) is 7.32. The summed E-state index contributed by atoms with van der Waals surface area (Å²) in [4.78, 5) is 29.1. The van der Waals surface area contributed by atoms with Gasteiger partial charge in [0.25, 0.3) is 5.91 Å². The van der Waals surface area contributed by atoms with E-state index in [1.165, 1.54) is 17.9 Å². The first-order valence-electron chi connectivity index (χ1n) is 10.7. The normalized spacial score (nSPS) is 14.8. The molecule has 2 aromatic carbocycles. The number of piperazine rings is 1. The lowest BCUT2D eigenvalue weighted by molar-refractivity contribution is -0.118. The molecule has 1 N–H and O–H groups in total. The Morgan fingerprint density at radius 1 is 0.906 bits per heavy atom. The third kappa shape index (κ3) is 6.29. The zero-order valence-electron chi connectivity index (χ0n) is 17.9. The Balaban J connectivity index is 1.23. The zero-order valence-corrected chi connectivity index (χ0v) is 17.9. The summed E-state index contributed by atoms with van der Waals surface area (Å²) in [6.07, 6.45) is 1.29. The van der Waals surface area contributed by atoms with Gasteiger partial charge in [-0.3, -0.25) is 19.4 Å². The predicted molar refractivity (Wildman–Crippen MR) is 123 cm³/mol. The van der Waals surface area contributed by atoms with E-state index in [0.29, 0.717) is 18.0 Å². The third-order valence-corrected chi connectivity index (χ3v) is 5.36. The molecule has 32 heavy (non-hydrogen) atoms. The van der Waals surface area contributed by atoms with Crippen LogP contribution in [0.5, 0.6) is 5.75 Å². The van der Waals surface area contributed by atoms with Crippen LogP contribution in [0.2, 0.25) is 0 Å². The van der Waals surface area contributed by atoms with Crippen molar-refractivity contribution in [3.8, 4) is 5.75 Å². The summed E-state index contributed by atoms with van der Waals surface area (Å²) in [5.74, 6) is 0.283. The van der Waals surface area contributed by atoms with Gasteiger partial charge < -0.3 is 14.5 Å². The molecule has 3 aromatic rings. The maximum Gasteiger partial charge on any atom is 0.262 e. The number of carbonyl (C=O) groups is 1. The second-order valence-corrected chi connectivity index (χ2v) is 7.82. The van der Waals surface area contributed by atoms with Crippen molar-refractivity contribution in [2.75, 3.05) is 38.1 Å². The number of carbonyl (C=O) groups excluding carboxylic acids is 1. The van der Waals surface area contributed by atoms with Crippen molar-refractivity contribution in [3.63, 3.8) is 0 Å². The van der Waals surface area contributed by atoms with Crippen LogP contribution >= 0.6 is 0 Å². The lowest BCUT2D eigenvalue weighted by atomic mass is 10.2. The van der Waals surface area contributed by atoms with Gasteiger partial charge in [-0.1, -0.05) is 48.5 Å². The molecule has 0 unspecified atom stereocenters. The van der Waals surface area contributed by atoms with Crippen molar-refractivity contribution < 1.29 is 13.9 Å². The number of hydrogen-bond donors (Lipinski definition) is 1. The fraction of sp³-hybridized carbons (Fsp3) is 0.280. The third-order valence-electron chi connectivity index (χ3n) is 5.36. The molecule has 7 heteroatoms. The molecule has 1 aromatic heterocycles. The predicted octanol–water partition coefficient (Wildman–Crippen LogP) is 2.98. The van der Waals surface area contributed by atoms with Gasteiger partial charge in [-0.15, -0.1) is 0 Å². The van der Waals surface area contributed by atoms with E-state index < -0.39 is 0 Å². The monoisotopic (exact) mass is 433 g/mol. The molecular weight excluding hydrogens is 406 g/mol. The first-order chi connectivity index (χ1) is 15.7. The second-order valence-electron chi connectivity index (χ2n) is 7.82. The maximum absolute atomic E-state index is 12.4. The van der Waals surface area contributed by atoms with E-state index in [-0.39, 0.29) is 23.7 Å². The molecule has 166 valence electrons. The molecule has 0 saturated carbocycles. The molecule has 1 saturated heterocycles. The Morgan fingerprint density at radius 3 is 2.19 bits per heavy atom. The van der Waals surface area contributed by atoms with Gasteiger partial charge in [0.05, 0.1) is 6.54 Å². The number of ether oxygens (including phenoxy) is 1. The zero-order chi connectivity index (χ0) is 22.2. The van der Waals surface area contributed by atoms with Crippen LogP contribution in [0.1, 0.15) is 11.3 Å². The number of nitrogens with zero attached hydrogens (tertiary/aromatic N) is 2. The van der Waals surface area contributed by atoms with E-state index >= 15 is 0 Å². The first-order valence-corrected chi connectivity index (χ1v) is 10.7. The summed E-state index contributed by atoms with van der Waals surface area (Å²) in [7, 11) is 0. The van der Waals surface area contributed by atoms with Gasteiger partial charge in [-0.05, 0) is 17.7 Å². The molecule has 0 bridgehead atoms. The van der Waals surface area contributed by atoms with Crippen molar-refractivity contribution in [3.05, 3.63) is 94.5 Å². The van der Waals surface area contributed by atoms with Gasteiger partial charge >= 0.3 is 0 Å². The Morgan fingerprint density at radius 2 is 1.53 bits per heavy atom. The number of benzene rings is 2. The highest BCUT2D eigenvalue weighted by molar-refractivity contribution is 5.91. The molecule has 1 amide bonds. The molecule has 7 nitrogen and oxygen atoms in total. The largest absolute Gasteiger partial charge is 0.477 e. The van der Waals surface area contributed by atoms with E-state index in [2.05, 4.69) is 39.4 Å². The van der Waals surface area contributed by atoms with Crippen molar-refractivity contribution >= 4 is 11.6 Å². The number of nitrogens with one attached hydrogen (secondary N) is 1. The minimum atomic E-state index is -0.340.